The summed E-state index contributed by atoms with van der Waals surface area (Å²) < 4.78 is 51.6. The first-order valence-electron chi connectivity index (χ1n) is 6.50. The third-order valence-electron chi connectivity index (χ3n) is 2.77. The number of esters is 1. The Balaban J connectivity index is 2.35. The van der Waals surface area contributed by atoms with Crippen LogP contribution < -0.4 is 5.73 Å². The van der Waals surface area contributed by atoms with Crippen molar-refractivity contribution in [3.05, 3.63) is 0 Å². The molecule has 1 aliphatic rings. The monoisotopic (exact) mass is 299 g/mol. The van der Waals surface area contributed by atoms with Crippen molar-refractivity contribution in [3.63, 3.8) is 0 Å². The van der Waals surface area contributed by atoms with Crippen LogP contribution in [0.3, 0.4) is 0 Å². The second-order valence-electron chi connectivity index (χ2n) is 4.84. The van der Waals surface area contributed by atoms with Gasteiger partial charge in [0.05, 0.1) is 19.3 Å². The summed E-state index contributed by atoms with van der Waals surface area (Å²) in [6.07, 6.45) is -5.61. The second-order valence-corrected chi connectivity index (χ2v) is 4.84. The second kappa shape index (κ2) is 7.80. The molecule has 2 N–H and O–H groups in total. The van der Waals surface area contributed by atoms with Gasteiger partial charge in [0, 0.05) is 19.4 Å². The van der Waals surface area contributed by atoms with Crippen molar-refractivity contribution in [2.45, 2.75) is 50.6 Å². The molecule has 1 fully saturated rings. The van der Waals surface area contributed by atoms with Crippen LogP contribution in [0.25, 0.3) is 0 Å². The van der Waals surface area contributed by atoms with Gasteiger partial charge in [-0.05, 0) is 13.3 Å². The zero-order valence-corrected chi connectivity index (χ0v) is 11.3. The average Bonchev–Trinajstić information content (AvgIpc) is 2.36. The van der Waals surface area contributed by atoms with E-state index in [-0.39, 0.29) is 26.2 Å². The van der Waals surface area contributed by atoms with Gasteiger partial charge in [-0.1, -0.05) is 0 Å². The maximum atomic E-state index is 12.0. The molecule has 0 saturated carbocycles. The standard InChI is InChI=1S/C12H20F3NO4/c1-8-5-9(19-4-2-3-12(13,14)15)6-18-7-10(16)11(17)20-8/h8-10H,2-7,16H2,1H3/t8-,9+,10-/m0/s1. The fourth-order valence-electron chi connectivity index (χ4n) is 1.81. The van der Waals surface area contributed by atoms with Crippen LogP contribution in [-0.4, -0.2) is 50.2 Å². The summed E-state index contributed by atoms with van der Waals surface area (Å²) in [5, 5.41) is 0. The SMILES string of the molecule is C[C@H]1C[C@@H](OCCCC(F)(F)F)COC[C@H](N)C(=O)O1. The predicted molar refractivity (Wildman–Crippen MR) is 64.0 cm³/mol. The van der Waals surface area contributed by atoms with Gasteiger partial charge in [-0.2, -0.15) is 13.2 Å². The molecular weight excluding hydrogens is 279 g/mol. The molecule has 3 atom stereocenters. The maximum absolute atomic E-state index is 12.0. The Kier molecular flexibility index (Phi) is 6.70. The summed E-state index contributed by atoms with van der Waals surface area (Å²) in [6.45, 7) is 1.86. The topological polar surface area (TPSA) is 70.8 Å². The van der Waals surface area contributed by atoms with Crippen LogP contribution in [0.2, 0.25) is 0 Å². The Hall–Kier alpha value is -0.860. The minimum atomic E-state index is -4.17. The summed E-state index contributed by atoms with van der Waals surface area (Å²) in [4.78, 5) is 11.4. The third-order valence-corrected chi connectivity index (χ3v) is 2.77. The maximum Gasteiger partial charge on any atom is 0.389 e. The van der Waals surface area contributed by atoms with E-state index in [0.29, 0.717) is 6.42 Å². The Morgan fingerprint density at radius 3 is 2.75 bits per heavy atom. The predicted octanol–water partition coefficient (Wildman–Crippen LogP) is 1.39. The summed E-state index contributed by atoms with van der Waals surface area (Å²) in [6, 6.07) is -0.846. The highest BCUT2D eigenvalue weighted by atomic mass is 19.4. The lowest BCUT2D eigenvalue weighted by molar-refractivity contribution is -0.151. The number of alkyl halides is 3. The molecule has 0 aromatic carbocycles. The number of hydrogen-bond donors (Lipinski definition) is 1. The lowest BCUT2D eigenvalue weighted by Gasteiger charge is -2.20. The minimum absolute atomic E-state index is 0.00790. The first kappa shape index (κ1) is 17.2. The van der Waals surface area contributed by atoms with Crippen molar-refractivity contribution in [1.29, 1.82) is 0 Å². The van der Waals surface area contributed by atoms with E-state index in [4.69, 9.17) is 19.9 Å². The van der Waals surface area contributed by atoms with Crippen LogP contribution in [0, 0.1) is 0 Å². The van der Waals surface area contributed by atoms with E-state index < -0.39 is 36.8 Å². The molecule has 1 aliphatic heterocycles. The number of rotatable bonds is 4. The average molecular weight is 299 g/mol. The molecule has 118 valence electrons. The number of carbonyl (C=O) groups is 1. The molecule has 0 aliphatic carbocycles. The summed E-state index contributed by atoms with van der Waals surface area (Å²) in [7, 11) is 0. The van der Waals surface area contributed by atoms with Gasteiger partial charge in [-0.15, -0.1) is 0 Å². The summed E-state index contributed by atoms with van der Waals surface area (Å²) >= 11 is 0. The number of halogens is 3. The van der Waals surface area contributed by atoms with Crippen molar-refractivity contribution >= 4 is 5.97 Å². The Morgan fingerprint density at radius 2 is 2.10 bits per heavy atom. The van der Waals surface area contributed by atoms with Gasteiger partial charge in [0.2, 0.25) is 0 Å². The molecule has 8 heteroatoms. The smallest absolute Gasteiger partial charge is 0.389 e. The number of nitrogens with two attached hydrogens (primary N) is 1. The van der Waals surface area contributed by atoms with E-state index >= 15 is 0 Å². The fraction of sp³-hybridized carbons (Fsp3) is 0.917. The molecule has 0 unspecified atom stereocenters. The van der Waals surface area contributed by atoms with Crippen LogP contribution in [-0.2, 0) is 19.0 Å². The van der Waals surface area contributed by atoms with Crippen molar-refractivity contribution in [2.24, 2.45) is 5.73 Å². The van der Waals surface area contributed by atoms with E-state index in [1.165, 1.54) is 0 Å². The van der Waals surface area contributed by atoms with Gasteiger partial charge in [-0.25, -0.2) is 0 Å². The molecule has 20 heavy (non-hydrogen) atoms. The van der Waals surface area contributed by atoms with Gasteiger partial charge in [0.15, 0.2) is 0 Å². The highest BCUT2D eigenvalue weighted by Crippen LogP contribution is 2.21. The minimum Gasteiger partial charge on any atom is -0.461 e. The van der Waals surface area contributed by atoms with Crippen molar-refractivity contribution < 1.29 is 32.2 Å². The molecule has 0 aromatic heterocycles. The zero-order chi connectivity index (χ0) is 15.2. The molecule has 0 radical (unpaired) electrons. The normalized spacial score (nSPS) is 29.2. The molecule has 1 rings (SSSR count). The van der Waals surface area contributed by atoms with Crippen molar-refractivity contribution in [1.82, 2.24) is 0 Å². The largest absolute Gasteiger partial charge is 0.461 e. The third kappa shape index (κ3) is 7.06. The zero-order valence-electron chi connectivity index (χ0n) is 11.3. The first-order chi connectivity index (χ1) is 9.28. The molecule has 1 heterocycles. The molecule has 5 nitrogen and oxygen atoms in total. The quantitative estimate of drug-likeness (QED) is 0.627. The molecule has 0 spiro atoms. The van der Waals surface area contributed by atoms with Crippen LogP contribution in [0.15, 0.2) is 0 Å². The van der Waals surface area contributed by atoms with Crippen LogP contribution >= 0.6 is 0 Å². The molecule has 0 amide bonds. The van der Waals surface area contributed by atoms with Crippen LogP contribution in [0.4, 0.5) is 13.2 Å². The first-order valence-corrected chi connectivity index (χ1v) is 6.50. The highest BCUT2D eigenvalue weighted by molar-refractivity contribution is 5.75. The molecule has 0 bridgehead atoms. The Labute approximate surface area is 115 Å². The lowest BCUT2D eigenvalue weighted by atomic mass is 10.2. The van der Waals surface area contributed by atoms with Crippen LogP contribution in [0.1, 0.15) is 26.2 Å². The molecular formula is C12H20F3NO4. The van der Waals surface area contributed by atoms with Crippen molar-refractivity contribution in [2.75, 3.05) is 19.8 Å². The van der Waals surface area contributed by atoms with Gasteiger partial charge in [0.1, 0.15) is 12.1 Å². The number of hydrogen-bond acceptors (Lipinski definition) is 5. The highest BCUT2D eigenvalue weighted by Gasteiger charge is 2.27. The van der Waals surface area contributed by atoms with E-state index in [9.17, 15) is 18.0 Å². The molecule has 0 aromatic rings. The van der Waals surface area contributed by atoms with Gasteiger partial charge >= 0.3 is 12.1 Å². The number of ether oxygens (including phenoxy) is 3. The fourth-order valence-corrected chi connectivity index (χ4v) is 1.81. The van der Waals surface area contributed by atoms with Crippen LogP contribution in [0.5, 0.6) is 0 Å². The number of cyclic esters (lactones) is 1. The van der Waals surface area contributed by atoms with E-state index in [1.807, 2.05) is 0 Å². The van der Waals surface area contributed by atoms with E-state index in [1.54, 1.807) is 6.92 Å². The lowest BCUT2D eigenvalue weighted by Crippen LogP contribution is -2.37. The summed E-state index contributed by atoms with van der Waals surface area (Å²) in [5.74, 6) is -0.546. The summed E-state index contributed by atoms with van der Waals surface area (Å²) in [5.41, 5.74) is 5.53. The molecule has 1 saturated heterocycles. The van der Waals surface area contributed by atoms with Crippen molar-refractivity contribution in [3.8, 4) is 0 Å². The van der Waals surface area contributed by atoms with Gasteiger partial charge in [0.25, 0.3) is 0 Å². The Bertz CT molecular complexity index is 312. The van der Waals surface area contributed by atoms with E-state index in [0.717, 1.165) is 0 Å². The Morgan fingerprint density at radius 1 is 1.40 bits per heavy atom. The van der Waals surface area contributed by atoms with Gasteiger partial charge in [-0.3, -0.25) is 4.79 Å². The van der Waals surface area contributed by atoms with Gasteiger partial charge < -0.3 is 19.9 Å². The van der Waals surface area contributed by atoms with E-state index in [2.05, 4.69) is 0 Å². The number of carbonyl (C=O) groups excluding carboxylic acids is 1.